The van der Waals surface area contributed by atoms with Gasteiger partial charge in [0.25, 0.3) is 5.91 Å². The average Bonchev–Trinajstić information content (AvgIpc) is 2.95. The van der Waals surface area contributed by atoms with Crippen LogP contribution in [0.1, 0.15) is 48.5 Å². The lowest BCUT2D eigenvalue weighted by atomic mass is 9.97. The number of hydrogen-bond acceptors (Lipinski definition) is 3. The monoisotopic (exact) mass is 307 g/mol. The molecule has 0 bridgehead atoms. The second-order valence-electron chi connectivity index (χ2n) is 5.38. The number of benzene rings is 1. The van der Waals surface area contributed by atoms with Crippen molar-refractivity contribution in [1.82, 2.24) is 5.32 Å². The minimum atomic E-state index is -1.08. The van der Waals surface area contributed by atoms with E-state index in [4.69, 9.17) is 0 Å². The van der Waals surface area contributed by atoms with E-state index in [9.17, 15) is 14.7 Å². The number of nitrogens with one attached hydrogen (secondary N) is 1. The molecule has 0 unspecified atom stereocenters. The molecule has 1 fully saturated rings. The molecule has 114 valence electrons. The molecule has 1 aromatic rings. The van der Waals surface area contributed by atoms with Crippen molar-refractivity contribution >= 4 is 23.6 Å². The summed E-state index contributed by atoms with van der Waals surface area (Å²) in [7, 11) is 0. The van der Waals surface area contributed by atoms with Gasteiger partial charge in [0.2, 0.25) is 0 Å². The van der Waals surface area contributed by atoms with Crippen LogP contribution in [0.5, 0.6) is 0 Å². The third kappa shape index (κ3) is 3.79. The van der Waals surface area contributed by atoms with Crippen LogP contribution < -0.4 is 5.32 Å². The molecule has 5 heteroatoms. The van der Waals surface area contributed by atoms with Gasteiger partial charge in [-0.2, -0.15) is 11.8 Å². The molecule has 2 rings (SSSR count). The summed E-state index contributed by atoms with van der Waals surface area (Å²) in [6.07, 6.45) is 2.72. The molecule has 1 saturated carbocycles. The standard InChI is InChI=1S/C16H21NO3S/c1-2-21-11-12-5-7-13(8-6-12)14(18)17-16(15(19)20)9-3-4-10-16/h5-8H,2-4,9-11H2,1H3,(H,17,18)(H,19,20). The van der Waals surface area contributed by atoms with E-state index in [-0.39, 0.29) is 5.91 Å². The van der Waals surface area contributed by atoms with Crippen LogP contribution in [0.3, 0.4) is 0 Å². The zero-order chi connectivity index (χ0) is 15.3. The van der Waals surface area contributed by atoms with Crippen LogP contribution in [-0.4, -0.2) is 28.3 Å². The Morgan fingerprint density at radius 3 is 2.38 bits per heavy atom. The molecule has 1 aliphatic carbocycles. The van der Waals surface area contributed by atoms with Crippen LogP contribution in [0.15, 0.2) is 24.3 Å². The van der Waals surface area contributed by atoms with E-state index < -0.39 is 11.5 Å². The van der Waals surface area contributed by atoms with Crippen molar-refractivity contribution in [2.75, 3.05) is 5.75 Å². The number of hydrogen-bond donors (Lipinski definition) is 2. The molecule has 0 radical (unpaired) electrons. The Labute approximate surface area is 129 Å². The molecule has 0 atom stereocenters. The van der Waals surface area contributed by atoms with Crippen LogP contribution in [-0.2, 0) is 10.5 Å². The quantitative estimate of drug-likeness (QED) is 0.847. The number of rotatable bonds is 6. The number of thioether (sulfide) groups is 1. The molecule has 21 heavy (non-hydrogen) atoms. The van der Waals surface area contributed by atoms with Crippen LogP contribution in [0.2, 0.25) is 0 Å². The molecular formula is C16H21NO3S. The highest BCUT2D eigenvalue weighted by Gasteiger charge is 2.42. The highest BCUT2D eigenvalue weighted by molar-refractivity contribution is 7.98. The lowest BCUT2D eigenvalue weighted by molar-refractivity contribution is -0.144. The highest BCUT2D eigenvalue weighted by atomic mass is 32.2. The van der Waals surface area contributed by atoms with Crippen molar-refractivity contribution < 1.29 is 14.7 Å². The van der Waals surface area contributed by atoms with Crippen molar-refractivity contribution in [2.24, 2.45) is 0 Å². The van der Waals surface area contributed by atoms with E-state index in [1.165, 1.54) is 5.56 Å². The first-order valence-electron chi connectivity index (χ1n) is 7.30. The van der Waals surface area contributed by atoms with Crippen LogP contribution in [0.4, 0.5) is 0 Å². The Morgan fingerprint density at radius 2 is 1.86 bits per heavy atom. The predicted octanol–water partition coefficient (Wildman–Crippen LogP) is 3.07. The van der Waals surface area contributed by atoms with E-state index in [0.29, 0.717) is 18.4 Å². The lowest BCUT2D eigenvalue weighted by Gasteiger charge is -2.25. The second-order valence-corrected chi connectivity index (χ2v) is 6.66. The molecule has 0 aromatic heterocycles. The molecule has 0 aliphatic heterocycles. The van der Waals surface area contributed by atoms with Crippen molar-refractivity contribution in [2.45, 2.75) is 43.9 Å². The summed E-state index contributed by atoms with van der Waals surface area (Å²) in [5.41, 5.74) is 0.619. The molecule has 1 amide bonds. The Morgan fingerprint density at radius 1 is 1.24 bits per heavy atom. The number of carboxylic acids is 1. The number of carboxylic acid groups (broad SMARTS) is 1. The van der Waals surface area contributed by atoms with Crippen LogP contribution in [0.25, 0.3) is 0 Å². The minimum Gasteiger partial charge on any atom is -0.480 e. The van der Waals surface area contributed by atoms with Gasteiger partial charge < -0.3 is 10.4 Å². The van der Waals surface area contributed by atoms with Crippen molar-refractivity contribution in [1.29, 1.82) is 0 Å². The molecule has 0 saturated heterocycles. The molecule has 1 aromatic carbocycles. The van der Waals surface area contributed by atoms with Gasteiger partial charge in [0.05, 0.1) is 0 Å². The lowest BCUT2D eigenvalue weighted by Crippen LogP contribution is -2.52. The van der Waals surface area contributed by atoms with Gasteiger partial charge in [-0.15, -0.1) is 0 Å². The average molecular weight is 307 g/mol. The largest absolute Gasteiger partial charge is 0.480 e. The maximum Gasteiger partial charge on any atom is 0.329 e. The van der Waals surface area contributed by atoms with Gasteiger partial charge in [0.15, 0.2) is 0 Å². The van der Waals surface area contributed by atoms with E-state index in [1.807, 2.05) is 23.9 Å². The fourth-order valence-corrected chi connectivity index (χ4v) is 3.26. The smallest absolute Gasteiger partial charge is 0.329 e. The molecule has 0 spiro atoms. The minimum absolute atomic E-state index is 0.297. The summed E-state index contributed by atoms with van der Waals surface area (Å²) in [4.78, 5) is 23.7. The fraction of sp³-hybridized carbons (Fsp3) is 0.500. The van der Waals surface area contributed by atoms with E-state index in [1.54, 1.807) is 12.1 Å². The maximum absolute atomic E-state index is 12.3. The van der Waals surface area contributed by atoms with E-state index in [0.717, 1.165) is 24.3 Å². The summed E-state index contributed by atoms with van der Waals surface area (Å²) in [6.45, 7) is 2.11. The van der Waals surface area contributed by atoms with E-state index >= 15 is 0 Å². The van der Waals surface area contributed by atoms with Gasteiger partial charge in [-0.05, 0) is 36.3 Å². The van der Waals surface area contributed by atoms with Gasteiger partial charge in [0, 0.05) is 11.3 Å². The number of carbonyl (C=O) groups is 2. The maximum atomic E-state index is 12.3. The van der Waals surface area contributed by atoms with Crippen molar-refractivity contribution in [3.8, 4) is 0 Å². The molecule has 0 heterocycles. The van der Waals surface area contributed by atoms with Gasteiger partial charge >= 0.3 is 5.97 Å². The predicted molar refractivity (Wildman–Crippen MR) is 84.6 cm³/mol. The number of aliphatic carboxylic acids is 1. The fourth-order valence-electron chi connectivity index (χ4n) is 2.63. The highest BCUT2D eigenvalue weighted by Crippen LogP contribution is 2.30. The molecule has 1 aliphatic rings. The van der Waals surface area contributed by atoms with Crippen molar-refractivity contribution in [3.63, 3.8) is 0 Å². The third-order valence-electron chi connectivity index (χ3n) is 3.91. The van der Waals surface area contributed by atoms with Crippen molar-refractivity contribution in [3.05, 3.63) is 35.4 Å². The number of carbonyl (C=O) groups excluding carboxylic acids is 1. The Hall–Kier alpha value is -1.49. The molecular weight excluding hydrogens is 286 g/mol. The zero-order valence-corrected chi connectivity index (χ0v) is 13.0. The normalized spacial score (nSPS) is 16.6. The van der Waals surface area contributed by atoms with Gasteiger partial charge in [0.1, 0.15) is 5.54 Å². The Kier molecular flexibility index (Phi) is 5.28. The second kappa shape index (κ2) is 6.98. The van der Waals surface area contributed by atoms with Crippen LogP contribution in [0, 0.1) is 0 Å². The third-order valence-corrected chi connectivity index (χ3v) is 4.85. The Balaban J connectivity index is 2.04. The zero-order valence-electron chi connectivity index (χ0n) is 12.2. The Bertz CT molecular complexity index is 507. The van der Waals surface area contributed by atoms with Gasteiger partial charge in [-0.3, -0.25) is 4.79 Å². The van der Waals surface area contributed by atoms with Crippen LogP contribution >= 0.6 is 11.8 Å². The first-order chi connectivity index (χ1) is 10.1. The van der Waals surface area contributed by atoms with Gasteiger partial charge in [-0.1, -0.05) is 31.9 Å². The number of amides is 1. The summed E-state index contributed by atoms with van der Waals surface area (Å²) >= 11 is 1.83. The summed E-state index contributed by atoms with van der Waals surface area (Å²) in [5.74, 6) is 0.763. The summed E-state index contributed by atoms with van der Waals surface area (Å²) < 4.78 is 0. The molecule has 2 N–H and O–H groups in total. The summed E-state index contributed by atoms with van der Waals surface area (Å²) in [6, 6.07) is 7.40. The first-order valence-corrected chi connectivity index (χ1v) is 8.45. The van der Waals surface area contributed by atoms with E-state index in [2.05, 4.69) is 12.2 Å². The van der Waals surface area contributed by atoms with Gasteiger partial charge in [-0.25, -0.2) is 4.79 Å². The summed E-state index contributed by atoms with van der Waals surface area (Å²) in [5, 5.41) is 12.1. The first kappa shape index (κ1) is 15.9. The topological polar surface area (TPSA) is 66.4 Å². The SMILES string of the molecule is CCSCc1ccc(C(=O)NC2(C(=O)O)CCCC2)cc1. The molecule has 4 nitrogen and oxygen atoms in total.